The van der Waals surface area contributed by atoms with Crippen molar-refractivity contribution in [3.8, 4) is 0 Å². The van der Waals surface area contributed by atoms with Gasteiger partial charge in [0.05, 0.1) is 0 Å². The third-order valence-corrected chi connectivity index (χ3v) is 2.93. The first-order valence-corrected chi connectivity index (χ1v) is 6.59. The summed E-state index contributed by atoms with van der Waals surface area (Å²) in [5, 5.41) is 0.923. The van der Waals surface area contributed by atoms with Gasteiger partial charge in [-0.05, 0) is 32.4 Å². The van der Waals surface area contributed by atoms with Crippen LogP contribution in [0.1, 0.15) is 29.4 Å². The maximum Gasteiger partial charge on any atom is 0.253 e. The number of amides is 1. The molecule has 0 radical (unpaired) electrons. The number of aromatic nitrogens is 1. The summed E-state index contributed by atoms with van der Waals surface area (Å²) in [6, 6.07) is 3.60. The molecule has 1 aromatic rings. The predicted octanol–water partition coefficient (Wildman–Crippen LogP) is 2.64. The molecule has 0 fully saturated rings. The first-order valence-electron chi connectivity index (χ1n) is 5.47. The number of aryl methyl sites for hydroxylation is 1. The second kappa shape index (κ2) is 6.63. The second-order valence-corrected chi connectivity index (χ2v) is 4.41. The van der Waals surface area contributed by atoms with E-state index in [4.69, 9.17) is 0 Å². The maximum atomic E-state index is 12.1. The van der Waals surface area contributed by atoms with Gasteiger partial charge in [0.15, 0.2) is 0 Å². The van der Waals surface area contributed by atoms with E-state index in [-0.39, 0.29) is 5.91 Å². The molecule has 0 saturated carbocycles. The average Bonchev–Trinajstić information content (AvgIpc) is 2.29. The molecule has 0 aliphatic rings. The Morgan fingerprint density at radius 1 is 1.56 bits per heavy atom. The highest BCUT2D eigenvalue weighted by Gasteiger charge is 2.13. The normalized spacial score (nSPS) is 10.2. The molecule has 1 amide bonds. The van der Waals surface area contributed by atoms with Gasteiger partial charge in [-0.3, -0.25) is 9.78 Å². The number of hydrogen-bond donors (Lipinski definition) is 0. The van der Waals surface area contributed by atoms with E-state index in [9.17, 15) is 4.79 Å². The molecule has 1 heterocycles. The number of pyridine rings is 1. The Labute approximate surface area is 105 Å². The summed E-state index contributed by atoms with van der Waals surface area (Å²) in [4.78, 5) is 18.1. The molecule has 0 aliphatic carbocycles. The third kappa shape index (κ3) is 3.59. The summed E-state index contributed by atoms with van der Waals surface area (Å²) in [6.07, 6.45) is 2.66. The highest BCUT2D eigenvalue weighted by atomic mass is 79.9. The fourth-order valence-corrected chi connectivity index (χ4v) is 1.77. The number of nitrogens with zero attached hydrogens (tertiary/aromatic N) is 2. The standard InChI is InChI=1S/C12H17BrN2O/c1-3-15(8-4-6-13)12(16)11-5-7-14-10(2)9-11/h5,7,9H,3-4,6,8H2,1-2H3. The van der Waals surface area contributed by atoms with E-state index in [1.165, 1.54) is 0 Å². The van der Waals surface area contributed by atoms with E-state index in [2.05, 4.69) is 20.9 Å². The van der Waals surface area contributed by atoms with Gasteiger partial charge in [0, 0.05) is 35.9 Å². The van der Waals surface area contributed by atoms with E-state index >= 15 is 0 Å². The highest BCUT2D eigenvalue weighted by Crippen LogP contribution is 2.06. The summed E-state index contributed by atoms with van der Waals surface area (Å²) in [5.41, 5.74) is 1.60. The van der Waals surface area contributed by atoms with E-state index in [0.29, 0.717) is 0 Å². The van der Waals surface area contributed by atoms with Crippen LogP contribution in [0.15, 0.2) is 18.3 Å². The Morgan fingerprint density at radius 3 is 2.88 bits per heavy atom. The van der Waals surface area contributed by atoms with Gasteiger partial charge < -0.3 is 4.90 Å². The zero-order valence-electron chi connectivity index (χ0n) is 9.74. The molecule has 1 aromatic heterocycles. The van der Waals surface area contributed by atoms with Crippen LogP contribution >= 0.6 is 15.9 Å². The number of halogens is 1. The van der Waals surface area contributed by atoms with Crippen molar-refractivity contribution < 1.29 is 4.79 Å². The van der Waals surface area contributed by atoms with Gasteiger partial charge in [-0.1, -0.05) is 15.9 Å². The zero-order valence-corrected chi connectivity index (χ0v) is 11.3. The molecule has 4 heteroatoms. The van der Waals surface area contributed by atoms with Gasteiger partial charge in [0.1, 0.15) is 0 Å². The quantitative estimate of drug-likeness (QED) is 0.779. The molecule has 0 atom stereocenters. The lowest BCUT2D eigenvalue weighted by Crippen LogP contribution is -2.32. The minimum atomic E-state index is 0.0916. The van der Waals surface area contributed by atoms with Crippen molar-refractivity contribution in [3.63, 3.8) is 0 Å². The summed E-state index contributed by atoms with van der Waals surface area (Å²) in [6.45, 7) is 5.43. The van der Waals surface area contributed by atoms with Crippen LogP contribution in [-0.2, 0) is 0 Å². The van der Waals surface area contributed by atoms with E-state index in [0.717, 1.165) is 36.1 Å². The number of carbonyl (C=O) groups is 1. The van der Waals surface area contributed by atoms with Gasteiger partial charge >= 0.3 is 0 Å². The minimum Gasteiger partial charge on any atom is -0.339 e. The second-order valence-electron chi connectivity index (χ2n) is 3.61. The zero-order chi connectivity index (χ0) is 12.0. The molecular weight excluding hydrogens is 268 g/mol. The molecule has 3 nitrogen and oxygen atoms in total. The third-order valence-electron chi connectivity index (χ3n) is 2.37. The van der Waals surface area contributed by atoms with Crippen LogP contribution in [-0.4, -0.2) is 34.2 Å². The Morgan fingerprint density at radius 2 is 2.31 bits per heavy atom. The van der Waals surface area contributed by atoms with Crippen molar-refractivity contribution in [1.82, 2.24) is 9.88 Å². The van der Waals surface area contributed by atoms with Gasteiger partial charge in [-0.2, -0.15) is 0 Å². The van der Waals surface area contributed by atoms with Crippen molar-refractivity contribution in [2.75, 3.05) is 18.4 Å². The Hall–Kier alpha value is -0.900. The molecular formula is C12H17BrN2O. The molecule has 16 heavy (non-hydrogen) atoms. The maximum absolute atomic E-state index is 12.1. The lowest BCUT2D eigenvalue weighted by atomic mass is 10.2. The van der Waals surface area contributed by atoms with Crippen molar-refractivity contribution in [1.29, 1.82) is 0 Å². The van der Waals surface area contributed by atoms with Crippen LogP contribution in [0.4, 0.5) is 0 Å². The van der Waals surface area contributed by atoms with Crippen LogP contribution in [0.3, 0.4) is 0 Å². The molecule has 0 N–H and O–H groups in total. The molecule has 0 bridgehead atoms. The molecule has 0 spiro atoms. The molecule has 0 saturated heterocycles. The number of hydrogen-bond acceptors (Lipinski definition) is 2. The Balaban J connectivity index is 2.74. The molecule has 88 valence electrons. The largest absolute Gasteiger partial charge is 0.339 e. The fourth-order valence-electron chi connectivity index (χ4n) is 1.52. The number of rotatable bonds is 5. The van der Waals surface area contributed by atoms with Gasteiger partial charge in [0.2, 0.25) is 0 Å². The lowest BCUT2D eigenvalue weighted by molar-refractivity contribution is 0.0765. The number of alkyl halides is 1. The average molecular weight is 285 g/mol. The number of carbonyl (C=O) groups excluding carboxylic acids is 1. The SMILES string of the molecule is CCN(CCCBr)C(=O)c1ccnc(C)c1. The first kappa shape index (κ1) is 13.2. The summed E-state index contributed by atoms with van der Waals surface area (Å²) < 4.78 is 0. The van der Waals surface area contributed by atoms with Crippen LogP contribution in [0.25, 0.3) is 0 Å². The van der Waals surface area contributed by atoms with Crippen molar-refractivity contribution >= 4 is 21.8 Å². The van der Waals surface area contributed by atoms with E-state index < -0.39 is 0 Å². The van der Waals surface area contributed by atoms with Crippen molar-refractivity contribution in [2.24, 2.45) is 0 Å². The predicted molar refractivity (Wildman–Crippen MR) is 69.0 cm³/mol. The molecule has 1 rings (SSSR count). The summed E-state index contributed by atoms with van der Waals surface area (Å²) >= 11 is 3.38. The highest BCUT2D eigenvalue weighted by molar-refractivity contribution is 9.09. The first-order chi connectivity index (χ1) is 7.69. The smallest absolute Gasteiger partial charge is 0.253 e. The summed E-state index contributed by atoms with van der Waals surface area (Å²) in [5.74, 6) is 0.0916. The van der Waals surface area contributed by atoms with Gasteiger partial charge in [0.25, 0.3) is 5.91 Å². The van der Waals surface area contributed by atoms with Gasteiger partial charge in [-0.15, -0.1) is 0 Å². The Bertz CT molecular complexity index is 355. The van der Waals surface area contributed by atoms with Crippen molar-refractivity contribution in [2.45, 2.75) is 20.3 Å². The van der Waals surface area contributed by atoms with E-state index in [1.807, 2.05) is 24.8 Å². The summed E-state index contributed by atoms with van der Waals surface area (Å²) in [7, 11) is 0. The van der Waals surface area contributed by atoms with Crippen molar-refractivity contribution in [3.05, 3.63) is 29.6 Å². The molecule has 0 aliphatic heterocycles. The molecule has 0 unspecified atom stereocenters. The van der Waals surface area contributed by atoms with Crippen LogP contribution < -0.4 is 0 Å². The lowest BCUT2D eigenvalue weighted by Gasteiger charge is -2.20. The topological polar surface area (TPSA) is 33.2 Å². The van der Waals surface area contributed by atoms with Crippen LogP contribution in [0, 0.1) is 6.92 Å². The molecule has 0 aromatic carbocycles. The fraction of sp³-hybridized carbons (Fsp3) is 0.500. The van der Waals surface area contributed by atoms with Crippen LogP contribution in [0.2, 0.25) is 0 Å². The Kier molecular flexibility index (Phi) is 5.46. The monoisotopic (exact) mass is 284 g/mol. The van der Waals surface area contributed by atoms with Crippen LogP contribution in [0.5, 0.6) is 0 Å². The van der Waals surface area contributed by atoms with Gasteiger partial charge in [-0.25, -0.2) is 0 Å². The van der Waals surface area contributed by atoms with E-state index in [1.54, 1.807) is 12.3 Å². The minimum absolute atomic E-state index is 0.0916.